The molecule has 1 atom stereocenters. The summed E-state index contributed by atoms with van der Waals surface area (Å²) in [6, 6.07) is 15.5. The average molecular weight is 338 g/mol. The number of carbonyl (C=O) groups excluding carboxylic acids is 1. The Morgan fingerprint density at radius 2 is 1.92 bits per heavy atom. The smallest absolute Gasteiger partial charge is 0.251 e. The summed E-state index contributed by atoms with van der Waals surface area (Å²) in [6.45, 7) is 5.34. The van der Waals surface area contributed by atoms with Crippen molar-refractivity contribution in [3.8, 4) is 0 Å². The fraction of sp³-hybridized carbons (Fsp3) is 0.381. The van der Waals surface area contributed by atoms with Gasteiger partial charge in [0.2, 0.25) is 0 Å². The molecule has 0 radical (unpaired) electrons. The van der Waals surface area contributed by atoms with E-state index in [0.29, 0.717) is 5.56 Å². The van der Waals surface area contributed by atoms with Gasteiger partial charge in [-0.1, -0.05) is 36.4 Å². The molecule has 1 heterocycles. The first-order valence-corrected chi connectivity index (χ1v) is 8.96. The Balaban J connectivity index is 1.58. The lowest BCUT2D eigenvalue weighted by Crippen LogP contribution is -2.28. The zero-order valence-corrected chi connectivity index (χ0v) is 14.7. The second kappa shape index (κ2) is 8.28. The normalized spacial score (nSPS) is 15.9. The van der Waals surface area contributed by atoms with E-state index in [9.17, 15) is 9.90 Å². The molecule has 2 N–H and O–H groups in total. The highest BCUT2D eigenvalue weighted by molar-refractivity contribution is 5.94. The summed E-state index contributed by atoms with van der Waals surface area (Å²) in [4.78, 5) is 14.8. The molecule has 0 aromatic heterocycles. The Morgan fingerprint density at radius 3 is 2.68 bits per heavy atom. The highest BCUT2D eigenvalue weighted by Gasteiger charge is 2.14. The van der Waals surface area contributed by atoms with Crippen LogP contribution in [0.15, 0.2) is 48.5 Å². The van der Waals surface area contributed by atoms with E-state index in [0.717, 1.165) is 36.3 Å². The molecule has 1 fully saturated rings. The van der Waals surface area contributed by atoms with Gasteiger partial charge in [0.1, 0.15) is 0 Å². The predicted octanol–water partition coefficient (Wildman–Crippen LogP) is 3.05. The number of hydrogen-bond acceptors (Lipinski definition) is 3. The Hall–Kier alpha value is -2.17. The molecule has 2 aromatic carbocycles. The molecular formula is C21H26N2O2. The number of nitrogens with one attached hydrogen (secondary N) is 1. The molecule has 0 saturated carbocycles. The predicted molar refractivity (Wildman–Crippen MR) is 99.4 cm³/mol. The lowest BCUT2D eigenvalue weighted by molar-refractivity contribution is 0.0915. The molecule has 2 aromatic rings. The first-order valence-electron chi connectivity index (χ1n) is 8.96. The van der Waals surface area contributed by atoms with Crippen LogP contribution < -0.4 is 5.32 Å². The zero-order chi connectivity index (χ0) is 17.6. The zero-order valence-electron chi connectivity index (χ0n) is 14.7. The largest absolute Gasteiger partial charge is 0.387 e. The van der Waals surface area contributed by atoms with Gasteiger partial charge in [0, 0.05) is 18.7 Å². The lowest BCUT2D eigenvalue weighted by Gasteiger charge is -2.16. The maximum atomic E-state index is 12.4. The maximum absolute atomic E-state index is 12.4. The van der Waals surface area contributed by atoms with Gasteiger partial charge in [0.05, 0.1) is 6.10 Å². The van der Waals surface area contributed by atoms with Crippen LogP contribution in [-0.2, 0) is 6.54 Å². The van der Waals surface area contributed by atoms with Gasteiger partial charge in [-0.2, -0.15) is 0 Å². The molecule has 4 heteroatoms. The number of aliphatic hydroxyl groups is 1. The molecular weight excluding hydrogens is 312 g/mol. The topological polar surface area (TPSA) is 52.6 Å². The van der Waals surface area contributed by atoms with Gasteiger partial charge < -0.3 is 10.4 Å². The van der Waals surface area contributed by atoms with E-state index < -0.39 is 6.10 Å². The highest BCUT2D eigenvalue weighted by Crippen LogP contribution is 2.17. The SMILES string of the molecule is Cc1ccccc1C(O)CNC(=O)c1cccc(CN2CCCC2)c1. The minimum absolute atomic E-state index is 0.143. The van der Waals surface area contributed by atoms with Crippen molar-refractivity contribution in [1.29, 1.82) is 0 Å². The molecule has 3 rings (SSSR count). The average Bonchev–Trinajstić information content (AvgIpc) is 3.13. The molecule has 0 aliphatic carbocycles. The van der Waals surface area contributed by atoms with Crippen molar-refractivity contribution < 1.29 is 9.90 Å². The molecule has 4 nitrogen and oxygen atoms in total. The molecule has 25 heavy (non-hydrogen) atoms. The van der Waals surface area contributed by atoms with Crippen molar-refractivity contribution in [3.63, 3.8) is 0 Å². The van der Waals surface area contributed by atoms with E-state index in [1.165, 1.54) is 12.8 Å². The van der Waals surface area contributed by atoms with Crippen molar-refractivity contribution >= 4 is 5.91 Å². The molecule has 1 amide bonds. The van der Waals surface area contributed by atoms with E-state index in [-0.39, 0.29) is 12.5 Å². The van der Waals surface area contributed by atoms with E-state index in [2.05, 4.69) is 16.3 Å². The number of aliphatic hydroxyl groups excluding tert-OH is 1. The summed E-state index contributed by atoms with van der Waals surface area (Å²) in [6.07, 6.45) is 1.83. The van der Waals surface area contributed by atoms with Gasteiger partial charge in [0.25, 0.3) is 5.91 Å². The summed E-state index contributed by atoms with van der Waals surface area (Å²) in [5.41, 5.74) is 3.69. The first-order chi connectivity index (χ1) is 12.1. The Labute approximate surface area is 149 Å². The van der Waals surface area contributed by atoms with Crippen LogP contribution in [0.2, 0.25) is 0 Å². The monoisotopic (exact) mass is 338 g/mol. The Kier molecular flexibility index (Phi) is 5.84. The highest BCUT2D eigenvalue weighted by atomic mass is 16.3. The van der Waals surface area contributed by atoms with Crippen LogP contribution in [0.4, 0.5) is 0 Å². The molecule has 1 unspecified atom stereocenters. The van der Waals surface area contributed by atoms with E-state index in [4.69, 9.17) is 0 Å². The van der Waals surface area contributed by atoms with Crippen LogP contribution in [0.3, 0.4) is 0 Å². The summed E-state index contributed by atoms with van der Waals surface area (Å²) in [5.74, 6) is -0.143. The number of aryl methyl sites for hydroxylation is 1. The van der Waals surface area contributed by atoms with Crippen LogP contribution in [0.1, 0.15) is 46.0 Å². The Bertz CT molecular complexity index is 723. The van der Waals surface area contributed by atoms with Crippen molar-refractivity contribution in [2.45, 2.75) is 32.4 Å². The van der Waals surface area contributed by atoms with Crippen molar-refractivity contribution in [1.82, 2.24) is 10.2 Å². The summed E-state index contributed by atoms with van der Waals surface area (Å²) < 4.78 is 0. The third-order valence-corrected chi connectivity index (χ3v) is 4.80. The third kappa shape index (κ3) is 4.68. The van der Waals surface area contributed by atoms with Crippen molar-refractivity contribution in [2.75, 3.05) is 19.6 Å². The summed E-state index contributed by atoms with van der Waals surface area (Å²) in [7, 11) is 0. The van der Waals surface area contributed by atoms with Crippen LogP contribution in [0, 0.1) is 6.92 Å². The number of amides is 1. The second-order valence-electron chi connectivity index (χ2n) is 6.77. The molecule has 1 aliphatic rings. The van der Waals surface area contributed by atoms with Crippen LogP contribution in [0.5, 0.6) is 0 Å². The molecule has 1 saturated heterocycles. The van der Waals surface area contributed by atoms with Gasteiger partial charge in [-0.15, -0.1) is 0 Å². The van der Waals surface area contributed by atoms with Crippen LogP contribution in [-0.4, -0.2) is 35.5 Å². The van der Waals surface area contributed by atoms with Crippen LogP contribution >= 0.6 is 0 Å². The van der Waals surface area contributed by atoms with Crippen LogP contribution in [0.25, 0.3) is 0 Å². The van der Waals surface area contributed by atoms with Gasteiger partial charge >= 0.3 is 0 Å². The fourth-order valence-electron chi connectivity index (χ4n) is 3.37. The number of nitrogens with zero attached hydrogens (tertiary/aromatic N) is 1. The molecule has 132 valence electrons. The minimum Gasteiger partial charge on any atom is -0.387 e. The number of carbonyl (C=O) groups is 1. The molecule has 0 spiro atoms. The first kappa shape index (κ1) is 17.6. The fourth-order valence-corrected chi connectivity index (χ4v) is 3.37. The maximum Gasteiger partial charge on any atom is 0.251 e. The minimum atomic E-state index is -0.696. The van der Waals surface area contributed by atoms with Gasteiger partial charge in [-0.05, 0) is 61.7 Å². The number of benzene rings is 2. The number of likely N-dealkylation sites (tertiary alicyclic amines) is 1. The quantitative estimate of drug-likeness (QED) is 0.851. The molecule has 1 aliphatic heterocycles. The standard InChI is InChI=1S/C21H26N2O2/c1-16-7-2-3-10-19(16)20(24)14-22-21(25)18-9-6-8-17(13-18)15-23-11-4-5-12-23/h2-3,6-10,13,20,24H,4-5,11-12,14-15H2,1H3,(H,22,25). The third-order valence-electron chi connectivity index (χ3n) is 4.80. The van der Waals surface area contributed by atoms with Crippen molar-refractivity contribution in [3.05, 3.63) is 70.8 Å². The summed E-state index contributed by atoms with van der Waals surface area (Å²) >= 11 is 0. The van der Waals surface area contributed by atoms with E-state index in [1.807, 2.05) is 49.4 Å². The van der Waals surface area contributed by atoms with Gasteiger partial charge in [-0.3, -0.25) is 9.69 Å². The van der Waals surface area contributed by atoms with Gasteiger partial charge in [-0.25, -0.2) is 0 Å². The van der Waals surface area contributed by atoms with E-state index >= 15 is 0 Å². The Morgan fingerprint density at radius 1 is 1.16 bits per heavy atom. The van der Waals surface area contributed by atoms with Gasteiger partial charge in [0.15, 0.2) is 0 Å². The molecule has 0 bridgehead atoms. The van der Waals surface area contributed by atoms with E-state index in [1.54, 1.807) is 0 Å². The lowest BCUT2D eigenvalue weighted by atomic mass is 10.0. The number of rotatable bonds is 6. The van der Waals surface area contributed by atoms with Crippen molar-refractivity contribution in [2.24, 2.45) is 0 Å². The summed E-state index contributed by atoms with van der Waals surface area (Å²) in [5, 5.41) is 13.2. The number of hydrogen-bond donors (Lipinski definition) is 2. The second-order valence-corrected chi connectivity index (χ2v) is 6.77.